The van der Waals surface area contributed by atoms with Crippen LogP contribution in [0.5, 0.6) is 5.75 Å². The number of alkyl halides is 2. The van der Waals surface area contributed by atoms with Crippen LogP contribution in [0.2, 0.25) is 0 Å². The van der Waals surface area contributed by atoms with Crippen LogP contribution in [0.4, 0.5) is 8.78 Å². The highest BCUT2D eigenvalue weighted by molar-refractivity contribution is 5.37. The lowest BCUT2D eigenvalue weighted by Gasteiger charge is -2.32. The van der Waals surface area contributed by atoms with Gasteiger partial charge >= 0.3 is 6.61 Å². The van der Waals surface area contributed by atoms with E-state index in [1.54, 1.807) is 16.8 Å². The largest absolute Gasteiger partial charge is 0.435 e. The van der Waals surface area contributed by atoms with Crippen molar-refractivity contribution in [3.05, 3.63) is 30.1 Å². The molecular formula is C14H17F2N5O2. The molecule has 3 rings (SSSR count). The molecule has 1 aromatic carbocycles. The highest BCUT2D eigenvalue weighted by Crippen LogP contribution is 2.18. The lowest BCUT2D eigenvalue weighted by molar-refractivity contribution is -0.0498. The fraction of sp³-hybridized carbons (Fsp3) is 0.500. The maximum absolute atomic E-state index is 12.2. The summed E-state index contributed by atoms with van der Waals surface area (Å²) < 4.78 is 35.7. The Hall–Kier alpha value is -2.13. The maximum atomic E-state index is 12.2. The smallest absolute Gasteiger partial charge is 0.387 e. The van der Waals surface area contributed by atoms with Crippen LogP contribution < -0.4 is 4.74 Å². The zero-order chi connectivity index (χ0) is 16.2. The second-order valence-electron chi connectivity index (χ2n) is 5.27. The van der Waals surface area contributed by atoms with Crippen LogP contribution >= 0.6 is 0 Å². The summed E-state index contributed by atoms with van der Waals surface area (Å²) in [6.07, 6.45) is 0. The van der Waals surface area contributed by atoms with Crippen molar-refractivity contribution in [1.82, 2.24) is 25.1 Å². The fourth-order valence-electron chi connectivity index (χ4n) is 2.45. The van der Waals surface area contributed by atoms with Crippen molar-refractivity contribution >= 4 is 0 Å². The van der Waals surface area contributed by atoms with Gasteiger partial charge in [-0.25, -0.2) is 0 Å². The number of hydrogen-bond acceptors (Lipinski definition) is 6. The molecule has 124 valence electrons. The number of halogens is 2. The van der Waals surface area contributed by atoms with Gasteiger partial charge in [-0.3, -0.25) is 4.90 Å². The fourth-order valence-corrected chi connectivity index (χ4v) is 2.45. The van der Waals surface area contributed by atoms with Crippen molar-refractivity contribution in [2.24, 2.45) is 0 Å². The zero-order valence-corrected chi connectivity index (χ0v) is 12.6. The third-order valence-corrected chi connectivity index (χ3v) is 3.69. The molecule has 2 aromatic rings. The Bertz CT molecular complexity index is 634. The van der Waals surface area contributed by atoms with Crippen LogP contribution in [0.1, 0.15) is 12.7 Å². The molecule has 0 spiro atoms. The number of rotatable bonds is 5. The Morgan fingerprint density at radius 3 is 2.83 bits per heavy atom. The quantitative estimate of drug-likeness (QED) is 0.830. The molecule has 7 nitrogen and oxygen atoms in total. The number of hydrogen-bond donors (Lipinski definition) is 0. The average molecular weight is 325 g/mol. The molecule has 1 unspecified atom stereocenters. The van der Waals surface area contributed by atoms with Crippen LogP contribution in [0, 0.1) is 0 Å². The van der Waals surface area contributed by atoms with E-state index in [0.29, 0.717) is 31.3 Å². The SMILES string of the molecule is CC1COCCN1Cc1nnnn1-c1ccc(OC(F)F)cc1. The first-order valence-electron chi connectivity index (χ1n) is 7.28. The Labute approximate surface area is 131 Å². The summed E-state index contributed by atoms with van der Waals surface area (Å²) >= 11 is 0. The standard InChI is InChI=1S/C14H17F2N5O2/c1-10-9-22-7-6-20(10)8-13-17-18-19-21(13)11-2-4-12(5-3-11)23-14(15)16/h2-5,10,14H,6-9H2,1H3. The molecule has 1 saturated heterocycles. The molecule has 1 aliphatic rings. The minimum absolute atomic E-state index is 0.0974. The predicted octanol–water partition coefficient (Wildman–Crippen LogP) is 1.48. The molecule has 1 atom stereocenters. The van der Waals surface area contributed by atoms with Crippen LogP contribution in [0.15, 0.2) is 24.3 Å². The summed E-state index contributed by atoms with van der Waals surface area (Å²) in [6, 6.07) is 6.49. The monoisotopic (exact) mass is 325 g/mol. The van der Waals surface area contributed by atoms with Gasteiger partial charge in [0.25, 0.3) is 0 Å². The molecule has 1 aromatic heterocycles. The van der Waals surface area contributed by atoms with Gasteiger partial charge in [0.2, 0.25) is 0 Å². The van der Waals surface area contributed by atoms with Gasteiger partial charge in [0, 0.05) is 12.6 Å². The van der Waals surface area contributed by atoms with Crippen molar-refractivity contribution in [2.75, 3.05) is 19.8 Å². The van der Waals surface area contributed by atoms with Crippen molar-refractivity contribution in [2.45, 2.75) is 26.1 Å². The third-order valence-electron chi connectivity index (χ3n) is 3.69. The highest BCUT2D eigenvalue weighted by atomic mass is 19.3. The number of benzene rings is 1. The van der Waals surface area contributed by atoms with E-state index in [4.69, 9.17) is 4.74 Å². The van der Waals surface area contributed by atoms with E-state index in [0.717, 1.165) is 6.54 Å². The van der Waals surface area contributed by atoms with Gasteiger partial charge in [-0.15, -0.1) is 5.10 Å². The molecule has 1 aliphatic heterocycles. The van der Waals surface area contributed by atoms with Gasteiger partial charge in [-0.2, -0.15) is 13.5 Å². The van der Waals surface area contributed by atoms with Crippen LogP contribution in [-0.4, -0.2) is 57.5 Å². The summed E-state index contributed by atoms with van der Waals surface area (Å²) in [4.78, 5) is 2.24. The lowest BCUT2D eigenvalue weighted by Crippen LogP contribution is -2.43. The summed E-state index contributed by atoms with van der Waals surface area (Å²) in [7, 11) is 0. The predicted molar refractivity (Wildman–Crippen MR) is 76.5 cm³/mol. The molecular weight excluding hydrogens is 308 g/mol. The second kappa shape index (κ2) is 6.97. The van der Waals surface area contributed by atoms with Crippen molar-refractivity contribution < 1.29 is 18.3 Å². The van der Waals surface area contributed by atoms with Crippen LogP contribution in [0.3, 0.4) is 0 Å². The zero-order valence-electron chi connectivity index (χ0n) is 12.6. The third kappa shape index (κ3) is 3.80. The first-order valence-corrected chi connectivity index (χ1v) is 7.28. The maximum Gasteiger partial charge on any atom is 0.387 e. The number of ether oxygens (including phenoxy) is 2. The first kappa shape index (κ1) is 15.8. The van der Waals surface area contributed by atoms with Gasteiger partial charge in [0.05, 0.1) is 25.4 Å². The molecule has 0 N–H and O–H groups in total. The van der Waals surface area contributed by atoms with E-state index >= 15 is 0 Å². The minimum atomic E-state index is -2.84. The Morgan fingerprint density at radius 2 is 2.13 bits per heavy atom. The number of morpholine rings is 1. The van der Waals surface area contributed by atoms with Gasteiger partial charge in [-0.05, 0) is 41.6 Å². The highest BCUT2D eigenvalue weighted by Gasteiger charge is 2.21. The van der Waals surface area contributed by atoms with Gasteiger partial charge in [-0.1, -0.05) is 0 Å². The molecule has 2 heterocycles. The Balaban J connectivity index is 1.75. The summed E-state index contributed by atoms with van der Waals surface area (Å²) in [5.74, 6) is 0.779. The van der Waals surface area contributed by atoms with E-state index < -0.39 is 6.61 Å². The normalized spacial score (nSPS) is 19.2. The molecule has 9 heteroatoms. The summed E-state index contributed by atoms with van der Waals surface area (Å²) in [5.41, 5.74) is 0.688. The summed E-state index contributed by atoms with van der Waals surface area (Å²) in [5, 5.41) is 11.7. The van der Waals surface area contributed by atoms with E-state index in [1.165, 1.54) is 12.1 Å². The van der Waals surface area contributed by atoms with Crippen LogP contribution in [0.25, 0.3) is 5.69 Å². The first-order chi connectivity index (χ1) is 11.1. The summed E-state index contributed by atoms with van der Waals surface area (Å²) in [6.45, 7) is 2.02. The molecule has 1 fully saturated rings. The van der Waals surface area contributed by atoms with Crippen molar-refractivity contribution in [3.8, 4) is 11.4 Å². The van der Waals surface area contributed by atoms with E-state index in [1.807, 2.05) is 0 Å². The van der Waals surface area contributed by atoms with Crippen molar-refractivity contribution in [1.29, 1.82) is 0 Å². The minimum Gasteiger partial charge on any atom is -0.435 e. The molecule has 0 amide bonds. The van der Waals surface area contributed by atoms with Crippen LogP contribution in [-0.2, 0) is 11.3 Å². The average Bonchev–Trinajstić information content (AvgIpc) is 2.98. The van der Waals surface area contributed by atoms with Crippen molar-refractivity contribution in [3.63, 3.8) is 0 Å². The Morgan fingerprint density at radius 1 is 1.35 bits per heavy atom. The molecule has 0 saturated carbocycles. The second-order valence-corrected chi connectivity index (χ2v) is 5.27. The van der Waals surface area contributed by atoms with Gasteiger partial charge in [0.15, 0.2) is 5.82 Å². The number of tetrazole rings is 1. The lowest BCUT2D eigenvalue weighted by atomic mass is 10.2. The molecule has 0 aliphatic carbocycles. The molecule has 0 bridgehead atoms. The Kier molecular flexibility index (Phi) is 4.77. The topological polar surface area (TPSA) is 65.3 Å². The van der Waals surface area contributed by atoms with E-state index in [-0.39, 0.29) is 11.8 Å². The van der Waals surface area contributed by atoms with E-state index in [2.05, 4.69) is 32.1 Å². The van der Waals surface area contributed by atoms with Gasteiger partial charge in [0.1, 0.15) is 5.75 Å². The van der Waals surface area contributed by atoms with Gasteiger partial charge < -0.3 is 9.47 Å². The van der Waals surface area contributed by atoms with E-state index in [9.17, 15) is 8.78 Å². The number of aromatic nitrogens is 4. The molecule has 0 radical (unpaired) electrons. The molecule has 23 heavy (non-hydrogen) atoms. The number of nitrogens with zero attached hydrogens (tertiary/aromatic N) is 5.